The van der Waals surface area contributed by atoms with Crippen molar-refractivity contribution in [1.29, 1.82) is 0 Å². The first-order chi connectivity index (χ1) is 31.8. The molecule has 0 aromatic heterocycles. The lowest BCUT2D eigenvalue weighted by Gasteiger charge is -2.19. The van der Waals surface area contributed by atoms with Gasteiger partial charge in [0.1, 0.15) is 6.61 Å². The van der Waals surface area contributed by atoms with E-state index in [0.29, 0.717) is 6.42 Å². The maximum Gasteiger partial charge on any atom is 0.472 e. The highest BCUT2D eigenvalue weighted by atomic mass is 31.2. The number of allylic oxidation sites excluding steroid dienone is 10. The van der Waals surface area contributed by atoms with Crippen LogP contribution in [0.1, 0.15) is 245 Å². The van der Waals surface area contributed by atoms with Gasteiger partial charge in [-0.25, -0.2) is 4.57 Å². The molecule has 0 amide bonds. The molecule has 0 aliphatic rings. The van der Waals surface area contributed by atoms with E-state index in [1.807, 2.05) is 0 Å². The standard InChI is InChI=1S/C55H100NO8P/c1-3-5-7-9-11-13-15-17-19-21-22-23-24-25-26-27-28-29-30-32-34-36-38-40-42-44-46-48-55(58)64-53(52-63-65(59,60)62-50-49-56)51-61-54(57)47-45-43-41-39-37-35-33-31-20-18-16-14-12-10-8-6-4-2/h5,7,11,13,17-20,22-23,53H,3-4,6,8-10,12,14-16,21,24-52,56H2,1-2H3,(H,59,60)/b7-5-,13-11-,19-17-,20-18-,23-22-. The predicted octanol–water partition coefficient (Wildman–Crippen LogP) is 16.4. The summed E-state index contributed by atoms with van der Waals surface area (Å²) < 4.78 is 33.0. The Kier molecular flexibility index (Phi) is 49.3. The molecule has 0 aromatic rings. The quantitative estimate of drug-likeness (QED) is 0.0265. The number of phosphoric ester groups is 1. The smallest absolute Gasteiger partial charge is 0.462 e. The highest BCUT2D eigenvalue weighted by Crippen LogP contribution is 2.43. The van der Waals surface area contributed by atoms with Crippen LogP contribution in [-0.2, 0) is 32.7 Å². The summed E-state index contributed by atoms with van der Waals surface area (Å²) in [4.78, 5) is 35.1. The molecule has 9 nitrogen and oxygen atoms in total. The molecule has 65 heavy (non-hydrogen) atoms. The van der Waals surface area contributed by atoms with Gasteiger partial charge in [-0.2, -0.15) is 0 Å². The predicted molar refractivity (Wildman–Crippen MR) is 275 cm³/mol. The number of esters is 2. The van der Waals surface area contributed by atoms with Gasteiger partial charge in [0, 0.05) is 19.4 Å². The SMILES string of the molecule is CC/C=C\C/C=C\C/C=C\C/C=C\CCCCCCCCCCCCCCCCC(=O)OC(COC(=O)CCCCCCCCC/C=C\CCCCCCCC)COP(=O)(O)OCCN. The zero-order valence-electron chi connectivity index (χ0n) is 42.0. The van der Waals surface area contributed by atoms with Gasteiger partial charge < -0.3 is 20.1 Å². The Morgan fingerprint density at radius 2 is 0.846 bits per heavy atom. The van der Waals surface area contributed by atoms with Gasteiger partial charge in [-0.15, -0.1) is 0 Å². The van der Waals surface area contributed by atoms with Crippen LogP contribution in [0.25, 0.3) is 0 Å². The normalized spacial score (nSPS) is 13.6. The summed E-state index contributed by atoms with van der Waals surface area (Å²) in [6, 6.07) is 0. The van der Waals surface area contributed by atoms with E-state index in [2.05, 4.69) is 74.6 Å². The van der Waals surface area contributed by atoms with Gasteiger partial charge >= 0.3 is 19.8 Å². The molecule has 0 aromatic carbocycles. The summed E-state index contributed by atoms with van der Waals surface area (Å²) in [5.74, 6) is -0.828. The Labute approximate surface area is 399 Å². The number of hydrogen-bond donors (Lipinski definition) is 2. The number of ether oxygens (including phenoxy) is 2. The fourth-order valence-corrected chi connectivity index (χ4v) is 8.21. The average Bonchev–Trinajstić information content (AvgIpc) is 3.30. The summed E-state index contributed by atoms with van der Waals surface area (Å²) >= 11 is 0. The molecule has 10 heteroatoms. The van der Waals surface area contributed by atoms with Gasteiger partial charge in [0.25, 0.3) is 0 Å². The summed E-state index contributed by atoms with van der Waals surface area (Å²) in [6.07, 6.45) is 62.6. The van der Waals surface area contributed by atoms with Crippen molar-refractivity contribution in [3.05, 3.63) is 60.8 Å². The van der Waals surface area contributed by atoms with Crippen molar-refractivity contribution in [1.82, 2.24) is 0 Å². The van der Waals surface area contributed by atoms with Crippen molar-refractivity contribution < 1.29 is 37.6 Å². The zero-order chi connectivity index (χ0) is 47.4. The Morgan fingerprint density at radius 3 is 1.28 bits per heavy atom. The number of rotatable bonds is 50. The van der Waals surface area contributed by atoms with Gasteiger partial charge in [-0.3, -0.25) is 18.6 Å². The van der Waals surface area contributed by atoms with Crippen LogP contribution in [0.4, 0.5) is 0 Å². The van der Waals surface area contributed by atoms with Crippen molar-refractivity contribution in [2.75, 3.05) is 26.4 Å². The molecule has 3 N–H and O–H groups in total. The first kappa shape index (κ1) is 62.7. The molecule has 0 saturated carbocycles. The largest absolute Gasteiger partial charge is 0.472 e. The lowest BCUT2D eigenvalue weighted by atomic mass is 10.0. The van der Waals surface area contributed by atoms with Gasteiger partial charge in [0.2, 0.25) is 0 Å². The van der Waals surface area contributed by atoms with Gasteiger partial charge in [-0.05, 0) is 77.0 Å². The number of hydrogen-bond acceptors (Lipinski definition) is 8. The van der Waals surface area contributed by atoms with Gasteiger partial charge in [0.05, 0.1) is 13.2 Å². The minimum atomic E-state index is -4.39. The molecule has 0 aliphatic carbocycles. The van der Waals surface area contributed by atoms with Crippen LogP contribution in [0.2, 0.25) is 0 Å². The Hall–Kier alpha value is -2.29. The summed E-state index contributed by atoms with van der Waals surface area (Å²) in [5.41, 5.74) is 5.37. The number of carbonyl (C=O) groups excluding carboxylic acids is 2. The van der Waals surface area contributed by atoms with E-state index in [1.165, 1.54) is 135 Å². The molecule has 2 unspecified atom stereocenters. The maximum atomic E-state index is 12.7. The molecule has 378 valence electrons. The van der Waals surface area contributed by atoms with Gasteiger partial charge in [-0.1, -0.05) is 216 Å². The molecule has 0 heterocycles. The Bertz CT molecular complexity index is 1250. The fraction of sp³-hybridized carbons (Fsp3) is 0.782. The zero-order valence-corrected chi connectivity index (χ0v) is 42.9. The van der Waals surface area contributed by atoms with E-state index < -0.39 is 26.5 Å². The van der Waals surface area contributed by atoms with Gasteiger partial charge in [0.15, 0.2) is 6.10 Å². The molecule has 0 rings (SSSR count). The third-order valence-electron chi connectivity index (χ3n) is 11.4. The second-order valence-electron chi connectivity index (χ2n) is 17.7. The third kappa shape index (κ3) is 51.0. The fourth-order valence-electron chi connectivity index (χ4n) is 7.45. The minimum Gasteiger partial charge on any atom is -0.462 e. The van der Waals surface area contributed by atoms with Crippen molar-refractivity contribution in [2.45, 2.75) is 251 Å². The van der Waals surface area contributed by atoms with E-state index in [4.69, 9.17) is 24.3 Å². The highest BCUT2D eigenvalue weighted by Gasteiger charge is 2.26. The first-order valence-corrected chi connectivity index (χ1v) is 28.3. The van der Waals surface area contributed by atoms with Crippen molar-refractivity contribution in [3.63, 3.8) is 0 Å². The molecule has 0 spiro atoms. The second-order valence-corrected chi connectivity index (χ2v) is 19.2. The molecule has 2 atom stereocenters. The molecule has 0 fully saturated rings. The number of carbonyl (C=O) groups is 2. The summed E-state index contributed by atoms with van der Waals surface area (Å²) in [7, 11) is -4.39. The van der Waals surface area contributed by atoms with Crippen LogP contribution < -0.4 is 5.73 Å². The highest BCUT2D eigenvalue weighted by molar-refractivity contribution is 7.47. The number of unbranched alkanes of at least 4 members (excludes halogenated alkanes) is 27. The van der Waals surface area contributed by atoms with E-state index in [9.17, 15) is 19.0 Å². The van der Waals surface area contributed by atoms with Crippen LogP contribution in [-0.4, -0.2) is 49.3 Å². The van der Waals surface area contributed by atoms with Crippen molar-refractivity contribution >= 4 is 19.8 Å². The second kappa shape index (κ2) is 51.1. The number of phosphoric acid groups is 1. The van der Waals surface area contributed by atoms with Crippen LogP contribution in [0.15, 0.2) is 60.8 Å². The van der Waals surface area contributed by atoms with E-state index >= 15 is 0 Å². The third-order valence-corrected chi connectivity index (χ3v) is 12.4. The molecule has 0 saturated heterocycles. The lowest BCUT2D eigenvalue weighted by Crippen LogP contribution is -2.29. The maximum absolute atomic E-state index is 12.7. The monoisotopic (exact) mass is 934 g/mol. The van der Waals surface area contributed by atoms with Crippen LogP contribution in [0.3, 0.4) is 0 Å². The molecule has 0 bridgehead atoms. The molecule has 0 radical (unpaired) electrons. The Morgan fingerprint density at radius 1 is 0.477 bits per heavy atom. The van der Waals surface area contributed by atoms with Crippen molar-refractivity contribution in [2.24, 2.45) is 5.73 Å². The average molecular weight is 934 g/mol. The van der Waals surface area contributed by atoms with E-state index in [-0.39, 0.29) is 38.6 Å². The molecular weight excluding hydrogens is 834 g/mol. The van der Waals surface area contributed by atoms with Crippen LogP contribution in [0, 0.1) is 0 Å². The van der Waals surface area contributed by atoms with Crippen molar-refractivity contribution in [3.8, 4) is 0 Å². The summed E-state index contributed by atoms with van der Waals surface area (Å²) in [5, 5.41) is 0. The Balaban J connectivity index is 3.99. The van der Waals surface area contributed by atoms with E-state index in [0.717, 1.165) is 77.0 Å². The molecular formula is C55H100NO8P. The first-order valence-electron chi connectivity index (χ1n) is 26.8. The topological polar surface area (TPSA) is 134 Å². The minimum absolute atomic E-state index is 0.0518. The lowest BCUT2D eigenvalue weighted by molar-refractivity contribution is -0.161. The summed E-state index contributed by atoms with van der Waals surface area (Å²) in [6.45, 7) is 3.64. The van der Waals surface area contributed by atoms with Crippen LogP contribution in [0.5, 0.6) is 0 Å². The van der Waals surface area contributed by atoms with Crippen LogP contribution >= 0.6 is 7.82 Å². The molecule has 0 aliphatic heterocycles. The number of nitrogens with two attached hydrogens (primary N) is 1. The van der Waals surface area contributed by atoms with E-state index in [1.54, 1.807) is 0 Å².